The number of hydrogen-bond donors (Lipinski definition) is 1. The van der Waals surface area contributed by atoms with Gasteiger partial charge in [0.25, 0.3) is 0 Å². The molecule has 0 unspecified atom stereocenters. The number of nitrogens with zero attached hydrogens (tertiary/aromatic N) is 1. The zero-order valence-electron chi connectivity index (χ0n) is 15.4. The van der Waals surface area contributed by atoms with Gasteiger partial charge in [-0.1, -0.05) is 41.9 Å². The van der Waals surface area contributed by atoms with Crippen molar-refractivity contribution in [2.45, 2.75) is 37.1 Å². The molecule has 9 heteroatoms. The van der Waals surface area contributed by atoms with Crippen LogP contribution in [0.25, 0.3) is 0 Å². The summed E-state index contributed by atoms with van der Waals surface area (Å²) in [5.41, 5.74) is 1.50. The van der Waals surface area contributed by atoms with Gasteiger partial charge in [-0.3, -0.25) is 0 Å². The lowest BCUT2D eigenvalue weighted by atomic mass is 10.2. The molecule has 0 bridgehead atoms. The van der Waals surface area contributed by atoms with Crippen LogP contribution in [0.3, 0.4) is 0 Å². The Kier molecular flexibility index (Phi) is 7.20. The second kappa shape index (κ2) is 8.83. The van der Waals surface area contributed by atoms with Crippen LogP contribution in [0.1, 0.15) is 25.0 Å². The molecule has 0 aliphatic rings. The molecule has 0 heterocycles. The van der Waals surface area contributed by atoms with Gasteiger partial charge in [-0.05, 0) is 48.4 Å². The fourth-order valence-electron chi connectivity index (χ4n) is 2.54. The largest absolute Gasteiger partial charge is 0.243 e. The van der Waals surface area contributed by atoms with E-state index in [2.05, 4.69) is 20.7 Å². The Hall–Kier alpha value is -1.26. The molecule has 0 aliphatic carbocycles. The predicted molar refractivity (Wildman–Crippen MR) is 109 cm³/mol. The van der Waals surface area contributed by atoms with E-state index in [9.17, 15) is 16.8 Å². The van der Waals surface area contributed by atoms with Gasteiger partial charge >= 0.3 is 0 Å². The van der Waals surface area contributed by atoms with Crippen LogP contribution >= 0.6 is 15.9 Å². The third-order valence-corrected chi connectivity index (χ3v) is 8.53. The van der Waals surface area contributed by atoms with Crippen molar-refractivity contribution in [3.63, 3.8) is 0 Å². The average Bonchev–Trinajstić information content (AvgIpc) is 2.63. The second-order valence-electron chi connectivity index (χ2n) is 5.97. The second-order valence-corrected chi connectivity index (χ2v) is 10.5. The fraction of sp³-hybridized carbons (Fsp3) is 0.333. The van der Waals surface area contributed by atoms with E-state index in [1.807, 2.05) is 6.92 Å². The SMILES string of the molecule is CCN(CC)S(=O)(=O)c1ccc(CNS(=O)(=O)c2ccc(Br)c(C)c2)cc1. The maximum absolute atomic E-state index is 12.5. The quantitative estimate of drug-likeness (QED) is 0.636. The van der Waals surface area contributed by atoms with Crippen LogP contribution < -0.4 is 4.72 Å². The minimum absolute atomic E-state index is 0.0725. The highest BCUT2D eigenvalue weighted by Crippen LogP contribution is 2.20. The summed E-state index contributed by atoms with van der Waals surface area (Å²) in [6.45, 7) is 6.25. The Morgan fingerprint density at radius 3 is 2.00 bits per heavy atom. The van der Waals surface area contributed by atoms with Gasteiger partial charge in [0.2, 0.25) is 20.0 Å². The summed E-state index contributed by atoms with van der Waals surface area (Å²) >= 11 is 3.35. The molecule has 0 saturated heterocycles. The van der Waals surface area contributed by atoms with Gasteiger partial charge < -0.3 is 0 Å². The molecule has 148 valence electrons. The first-order valence-electron chi connectivity index (χ1n) is 8.46. The summed E-state index contributed by atoms with van der Waals surface area (Å²) in [5.74, 6) is 0. The maximum Gasteiger partial charge on any atom is 0.243 e. The molecule has 0 amide bonds. The number of hydrogen-bond acceptors (Lipinski definition) is 4. The summed E-state index contributed by atoms with van der Waals surface area (Å²) in [6.07, 6.45) is 0. The van der Waals surface area contributed by atoms with Crippen molar-refractivity contribution >= 4 is 36.0 Å². The monoisotopic (exact) mass is 474 g/mol. The van der Waals surface area contributed by atoms with Crippen LogP contribution in [0.4, 0.5) is 0 Å². The maximum atomic E-state index is 12.5. The van der Waals surface area contributed by atoms with E-state index >= 15 is 0 Å². The minimum Gasteiger partial charge on any atom is -0.207 e. The summed E-state index contributed by atoms with van der Waals surface area (Å²) in [5, 5.41) is 0. The van der Waals surface area contributed by atoms with Gasteiger partial charge in [-0.25, -0.2) is 21.6 Å². The third kappa shape index (κ3) is 5.17. The molecule has 1 N–H and O–H groups in total. The molecular weight excluding hydrogens is 452 g/mol. The van der Waals surface area contributed by atoms with Gasteiger partial charge in [0.1, 0.15) is 0 Å². The molecule has 0 aromatic heterocycles. The Morgan fingerprint density at radius 1 is 0.926 bits per heavy atom. The van der Waals surface area contributed by atoms with Gasteiger partial charge in [-0.2, -0.15) is 4.31 Å². The Balaban J connectivity index is 2.14. The molecule has 2 aromatic carbocycles. The minimum atomic E-state index is -3.65. The molecule has 27 heavy (non-hydrogen) atoms. The lowest BCUT2D eigenvalue weighted by Gasteiger charge is -2.18. The standard InChI is InChI=1S/C18H23BrN2O4S2/c1-4-21(5-2)27(24,25)16-8-6-15(7-9-16)13-20-26(22,23)17-10-11-18(19)14(3)12-17/h6-12,20H,4-5,13H2,1-3H3. The molecule has 0 atom stereocenters. The topological polar surface area (TPSA) is 83.6 Å². The van der Waals surface area contributed by atoms with Crippen LogP contribution in [0.5, 0.6) is 0 Å². The summed E-state index contributed by atoms with van der Waals surface area (Å²) in [6, 6.07) is 11.0. The van der Waals surface area contributed by atoms with E-state index in [-0.39, 0.29) is 16.3 Å². The number of benzene rings is 2. The lowest BCUT2D eigenvalue weighted by molar-refractivity contribution is 0.445. The summed E-state index contributed by atoms with van der Waals surface area (Å²) in [7, 11) is -7.18. The molecule has 0 aliphatic heterocycles. The van der Waals surface area contributed by atoms with E-state index in [0.29, 0.717) is 18.7 Å². The lowest BCUT2D eigenvalue weighted by Crippen LogP contribution is -2.30. The number of sulfonamides is 2. The van der Waals surface area contributed by atoms with Crippen molar-refractivity contribution < 1.29 is 16.8 Å². The fourth-order valence-corrected chi connectivity index (χ4v) is 5.34. The number of rotatable bonds is 8. The number of aryl methyl sites for hydroxylation is 1. The Bertz CT molecular complexity index is 1000. The molecule has 2 aromatic rings. The molecule has 6 nitrogen and oxygen atoms in total. The Labute approximate surface area is 169 Å². The summed E-state index contributed by atoms with van der Waals surface area (Å²) in [4.78, 5) is 0.380. The first-order valence-corrected chi connectivity index (χ1v) is 12.2. The van der Waals surface area contributed by atoms with Crippen molar-refractivity contribution in [3.8, 4) is 0 Å². The molecule has 0 spiro atoms. The van der Waals surface area contributed by atoms with E-state index < -0.39 is 20.0 Å². The normalized spacial score (nSPS) is 12.5. The van der Waals surface area contributed by atoms with Crippen LogP contribution in [0.15, 0.2) is 56.7 Å². The van der Waals surface area contributed by atoms with Gasteiger partial charge in [-0.15, -0.1) is 0 Å². The molecule has 0 saturated carbocycles. The molecule has 0 radical (unpaired) electrons. The van der Waals surface area contributed by atoms with E-state index in [0.717, 1.165) is 10.0 Å². The Morgan fingerprint density at radius 2 is 1.48 bits per heavy atom. The third-order valence-electron chi connectivity index (χ3n) is 4.17. The first-order chi connectivity index (χ1) is 12.6. The highest BCUT2D eigenvalue weighted by molar-refractivity contribution is 9.10. The van der Waals surface area contributed by atoms with Crippen LogP contribution in [-0.4, -0.2) is 34.2 Å². The van der Waals surface area contributed by atoms with Gasteiger partial charge in [0.05, 0.1) is 9.79 Å². The summed E-state index contributed by atoms with van der Waals surface area (Å²) < 4.78 is 54.6. The van der Waals surface area contributed by atoms with Crippen molar-refractivity contribution in [2.24, 2.45) is 0 Å². The van der Waals surface area contributed by atoms with Crippen molar-refractivity contribution in [2.75, 3.05) is 13.1 Å². The highest BCUT2D eigenvalue weighted by atomic mass is 79.9. The van der Waals surface area contributed by atoms with Gasteiger partial charge in [0.15, 0.2) is 0 Å². The zero-order chi connectivity index (χ0) is 20.2. The van der Waals surface area contributed by atoms with Crippen LogP contribution in [0, 0.1) is 6.92 Å². The molecule has 0 fully saturated rings. The van der Waals surface area contributed by atoms with E-state index in [1.54, 1.807) is 38.1 Å². The molecular formula is C18H23BrN2O4S2. The first kappa shape index (κ1) is 22.0. The van der Waals surface area contributed by atoms with Crippen LogP contribution in [-0.2, 0) is 26.6 Å². The predicted octanol–water partition coefficient (Wildman–Crippen LogP) is 3.27. The highest BCUT2D eigenvalue weighted by Gasteiger charge is 2.21. The average molecular weight is 475 g/mol. The van der Waals surface area contributed by atoms with E-state index in [1.165, 1.54) is 22.5 Å². The van der Waals surface area contributed by atoms with Crippen molar-refractivity contribution in [1.29, 1.82) is 0 Å². The zero-order valence-corrected chi connectivity index (χ0v) is 18.7. The molecule has 2 rings (SSSR count). The van der Waals surface area contributed by atoms with Gasteiger partial charge in [0, 0.05) is 24.1 Å². The number of halogens is 1. The van der Waals surface area contributed by atoms with E-state index in [4.69, 9.17) is 0 Å². The van der Waals surface area contributed by atoms with Crippen molar-refractivity contribution in [3.05, 3.63) is 58.1 Å². The van der Waals surface area contributed by atoms with Crippen LogP contribution in [0.2, 0.25) is 0 Å². The van der Waals surface area contributed by atoms with Crippen molar-refractivity contribution in [1.82, 2.24) is 9.03 Å². The number of nitrogens with one attached hydrogen (secondary N) is 1. The smallest absolute Gasteiger partial charge is 0.207 e.